The lowest BCUT2D eigenvalue weighted by atomic mass is 10.1. The molecule has 3 heteroatoms. The Kier molecular flexibility index (Phi) is 2.57. The molecule has 0 unspecified atom stereocenters. The van der Waals surface area contributed by atoms with E-state index in [9.17, 15) is 4.39 Å². The number of halogens is 1. The van der Waals surface area contributed by atoms with E-state index in [1.807, 2.05) is 0 Å². The molecule has 13 heavy (non-hydrogen) atoms. The zero-order valence-corrected chi connectivity index (χ0v) is 7.29. The van der Waals surface area contributed by atoms with Crippen LogP contribution in [-0.2, 0) is 4.74 Å². The minimum atomic E-state index is -0.194. The molecule has 1 aromatic rings. The predicted molar refractivity (Wildman–Crippen MR) is 48.0 cm³/mol. The van der Waals surface area contributed by atoms with Crippen molar-refractivity contribution in [3.05, 3.63) is 35.6 Å². The molecule has 2 nitrogen and oxygen atoms in total. The van der Waals surface area contributed by atoms with Gasteiger partial charge in [0.2, 0.25) is 0 Å². The molecule has 1 aliphatic heterocycles. The highest BCUT2D eigenvalue weighted by Gasteiger charge is 2.14. The van der Waals surface area contributed by atoms with Crippen molar-refractivity contribution in [2.45, 2.75) is 6.04 Å². The van der Waals surface area contributed by atoms with Gasteiger partial charge in [0, 0.05) is 6.54 Å². The van der Waals surface area contributed by atoms with Crippen molar-refractivity contribution < 1.29 is 9.13 Å². The summed E-state index contributed by atoms with van der Waals surface area (Å²) in [7, 11) is 0. The maximum atomic E-state index is 12.6. The van der Waals surface area contributed by atoms with Crippen LogP contribution in [0.25, 0.3) is 0 Å². The third-order valence-corrected chi connectivity index (χ3v) is 2.19. The number of benzene rings is 1. The largest absolute Gasteiger partial charge is 0.378 e. The highest BCUT2D eigenvalue weighted by atomic mass is 19.1. The molecule has 1 atom stereocenters. The first kappa shape index (κ1) is 8.66. The summed E-state index contributed by atoms with van der Waals surface area (Å²) in [5.74, 6) is -0.194. The third kappa shape index (κ3) is 2.05. The molecular formula is C10H12FNO. The van der Waals surface area contributed by atoms with Gasteiger partial charge in [0.25, 0.3) is 0 Å². The van der Waals surface area contributed by atoms with E-state index in [0.717, 1.165) is 18.7 Å². The molecule has 0 amide bonds. The molecule has 0 bridgehead atoms. The second kappa shape index (κ2) is 3.85. The van der Waals surface area contributed by atoms with Crippen molar-refractivity contribution >= 4 is 0 Å². The Morgan fingerprint density at radius 2 is 2.08 bits per heavy atom. The summed E-state index contributed by atoms with van der Waals surface area (Å²) >= 11 is 0. The maximum Gasteiger partial charge on any atom is 0.123 e. The van der Waals surface area contributed by atoms with Crippen LogP contribution in [0.3, 0.4) is 0 Å². The van der Waals surface area contributed by atoms with E-state index in [1.54, 1.807) is 12.1 Å². The maximum absolute atomic E-state index is 12.6. The van der Waals surface area contributed by atoms with Gasteiger partial charge in [0.15, 0.2) is 0 Å². The summed E-state index contributed by atoms with van der Waals surface area (Å²) in [6.45, 7) is 2.30. The number of ether oxygens (including phenoxy) is 1. The van der Waals surface area contributed by atoms with Crippen LogP contribution in [0.1, 0.15) is 11.6 Å². The van der Waals surface area contributed by atoms with Crippen LogP contribution in [0.5, 0.6) is 0 Å². The van der Waals surface area contributed by atoms with Crippen LogP contribution in [0, 0.1) is 5.82 Å². The van der Waals surface area contributed by atoms with E-state index in [4.69, 9.17) is 4.74 Å². The Hall–Kier alpha value is -0.930. The van der Waals surface area contributed by atoms with Crippen LogP contribution < -0.4 is 5.32 Å². The Bertz CT molecular complexity index is 267. The molecule has 1 saturated heterocycles. The van der Waals surface area contributed by atoms with Crippen molar-refractivity contribution in [1.29, 1.82) is 0 Å². The van der Waals surface area contributed by atoms with Crippen molar-refractivity contribution in [2.75, 3.05) is 19.8 Å². The minimum Gasteiger partial charge on any atom is -0.378 e. The number of rotatable bonds is 1. The fourth-order valence-electron chi connectivity index (χ4n) is 1.47. The van der Waals surface area contributed by atoms with Gasteiger partial charge in [-0.1, -0.05) is 12.1 Å². The number of hydrogen-bond donors (Lipinski definition) is 1. The molecule has 0 aliphatic carbocycles. The molecule has 1 N–H and O–H groups in total. The van der Waals surface area contributed by atoms with Crippen LogP contribution >= 0.6 is 0 Å². The summed E-state index contributed by atoms with van der Waals surface area (Å²) in [5.41, 5.74) is 1.08. The molecule has 2 rings (SSSR count). The first-order valence-corrected chi connectivity index (χ1v) is 4.43. The standard InChI is InChI=1S/C10H12FNO/c11-9-3-1-8(2-4-9)10-7-13-6-5-12-10/h1-4,10,12H,5-7H2/t10-/m0/s1. The van der Waals surface area contributed by atoms with E-state index in [2.05, 4.69) is 5.32 Å². The molecule has 0 radical (unpaired) electrons. The number of nitrogens with one attached hydrogen (secondary N) is 1. The highest BCUT2D eigenvalue weighted by Crippen LogP contribution is 2.15. The quantitative estimate of drug-likeness (QED) is 0.708. The average Bonchev–Trinajstić information content (AvgIpc) is 2.20. The summed E-state index contributed by atoms with van der Waals surface area (Å²) < 4.78 is 17.9. The summed E-state index contributed by atoms with van der Waals surface area (Å²) in [5, 5.41) is 3.31. The van der Waals surface area contributed by atoms with Crippen LogP contribution in [0.4, 0.5) is 4.39 Å². The van der Waals surface area contributed by atoms with E-state index < -0.39 is 0 Å². The number of morpholine rings is 1. The second-order valence-corrected chi connectivity index (χ2v) is 3.13. The van der Waals surface area contributed by atoms with Crippen molar-refractivity contribution in [1.82, 2.24) is 5.32 Å². The predicted octanol–water partition coefficient (Wildman–Crippen LogP) is 1.49. The van der Waals surface area contributed by atoms with Crippen LogP contribution in [0.2, 0.25) is 0 Å². The normalized spacial score (nSPS) is 23.0. The fourth-order valence-corrected chi connectivity index (χ4v) is 1.47. The zero-order chi connectivity index (χ0) is 9.10. The van der Waals surface area contributed by atoms with E-state index in [0.29, 0.717) is 6.61 Å². The lowest BCUT2D eigenvalue weighted by molar-refractivity contribution is 0.0768. The first-order chi connectivity index (χ1) is 6.36. The Labute approximate surface area is 76.7 Å². The van der Waals surface area contributed by atoms with Gasteiger partial charge in [-0.3, -0.25) is 0 Å². The molecule has 0 aromatic heterocycles. The molecular weight excluding hydrogens is 169 g/mol. The van der Waals surface area contributed by atoms with Gasteiger partial charge in [-0.25, -0.2) is 4.39 Å². The molecule has 1 fully saturated rings. The van der Waals surface area contributed by atoms with Gasteiger partial charge >= 0.3 is 0 Å². The van der Waals surface area contributed by atoms with Gasteiger partial charge in [-0.15, -0.1) is 0 Å². The van der Waals surface area contributed by atoms with Crippen molar-refractivity contribution in [2.24, 2.45) is 0 Å². The fraction of sp³-hybridized carbons (Fsp3) is 0.400. The Morgan fingerprint density at radius 3 is 2.69 bits per heavy atom. The first-order valence-electron chi connectivity index (χ1n) is 4.43. The Balaban J connectivity index is 2.10. The summed E-state index contributed by atoms with van der Waals surface area (Å²) in [4.78, 5) is 0. The monoisotopic (exact) mass is 181 g/mol. The highest BCUT2D eigenvalue weighted by molar-refractivity contribution is 5.20. The molecule has 1 aliphatic rings. The van der Waals surface area contributed by atoms with Gasteiger partial charge < -0.3 is 10.1 Å². The minimum absolute atomic E-state index is 0.194. The lowest BCUT2D eigenvalue weighted by Crippen LogP contribution is -2.34. The van der Waals surface area contributed by atoms with Gasteiger partial charge in [-0.05, 0) is 17.7 Å². The zero-order valence-electron chi connectivity index (χ0n) is 7.29. The smallest absolute Gasteiger partial charge is 0.123 e. The molecule has 1 aromatic carbocycles. The lowest BCUT2D eigenvalue weighted by Gasteiger charge is -2.23. The summed E-state index contributed by atoms with van der Waals surface area (Å²) in [6, 6.07) is 6.76. The second-order valence-electron chi connectivity index (χ2n) is 3.13. The number of hydrogen-bond acceptors (Lipinski definition) is 2. The van der Waals surface area contributed by atoms with E-state index in [1.165, 1.54) is 12.1 Å². The van der Waals surface area contributed by atoms with Crippen molar-refractivity contribution in [3.8, 4) is 0 Å². The summed E-state index contributed by atoms with van der Waals surface area (Å²) in [6.07, 6.45) is 0. The Morgan fingerprint density at radius 1 is 1.31 bits per heavy atom. The van der Waals surface area contributed by atoms with Gasteiger partial charge in [-0.2, -0.15) is 0 Å². The molecule has 0 saturated carbocycles. The van der Waals surface area contributed by atoms with Crippen molar-refractivity contribution in [3.63, 3.8) is 0 Å². The van der Waals surface area contributed by atoms with Crippen LogP contribution in [0.15, 0.2) is 24.3 Å². The molecule has 0 spiro atoms. The molecule has 1 heterocycles. The van der Waals surface area contributed by atoms with Gasteiger partial charge in [0.05, 0.1) is 19.3 Å². The van der Waals surface area contributed by atoms with Crippen LogP contribution in [-0.4, -0.2) is 19.8 Å². The SMILES string of the molecule is Fc1ccc([C@@H]2COCCN2)cc1. The third-order valence-electron chi connectivity index (χ3n) is 2.19. The molecule has 70 valence electrons. The van der Waals surface area contributed by atoms with Gasteiger partial charge in [0.1, 0.15) is 5.82 Å². The van der Waals surface area contributed by atoms with E-state index in [-0.39, 0.29) is 11.9 Å². The van der Waals surface area contributed by atoms with E-state index >= 15 is 0 Å². The topological polar surface area (TPSA) is 21.3 Å². The average molecular weight is 181 g/mol.